The molecule has 3 aromatic heterocycles. The normalized spacial score (nSPS) is 18.5. The van der Waals surface area contributed by atoms with Crippen LogP contribution in [0.3, 0.4) is 0 Å². The van der Waals surface area contributed by atoms with Gasteiger partial charge in [0.1, 0.15) is 32.1 Å². The largest absolute Gasteiger partial charge is 0.509 e. The van der Waals surface area contributed by atoms with Crippen molar-refractivity contribution in [3.05, 3.63) is 74.3 Å². The number of cyclic esters (lactones) is 1. The lowest BCUT2D eigenvalue weighted by atomic mass is 9.81. The third-order valence-corrected chi connectivity index (χ3v) is 17.3. The molecule has 1 saturated heterocycles. The first-order valence-corrected chi connectivity index (χ1v) is 33.5. The molecule has 8 rings (SSSR count). The van der Waals surface area contributed by atoms with Crippen molar-refractivity contribution in [1.82, 2.24) is 45.4 Å². The average molecular weight is 1350 g/mol. The number of hydrogen-bond acceptors (Lipinski definition) is 23. The lowest BCUT2D eigenvalue weighted by Crippen LogP contribution is -2.48. The summed E-state index contributed by atoms with van der Waals surface area (Å²) in [6.07, 6.45) is 4.61. The first kappa shape index (κ1) is 74.4. The van der Waals surface area contributed by atoms with E-state index in [4.69, 9.17) is 61.8 Å². The predicted molar refractivity (Wildman–Crippen MR) is 344 cm³/mol. The van der Waals surface area contributed by atoms with Crippen LogP contribution in [-0.2, 0) is 124 Å². The average Bonchev–Trinajstić information content (AvgIpc) is 1.54. The number of aromatic nitrogens is 5. The number of aryl methyl sites for hydroxylation is 2. The van der Waals surface area contributed by atoms with E-state index in [1.807, 2.05) is 32.9 Å². The van der Waals surface area contributed by atoms with Crippen LogP contribution in [0.5, 0.6) is 0 Å². The number of imide groups is 1. The molecule has 1 saturated carbocycles. The lowest BCUT2D eigenvalue weighted by molar-refractivity contribution is -0.175. The van der Waals surface area contributed by atoms with Crippen LogP contribution in [0.25, 0.3) is 22.3 Å². The van der Waals surface area contributed by atoms with Crippen molar-refractivity contribution < 1.29 is 90.4 Å². The maximum atomic E-state index is 14.1. The number of benzene rings is 1. The van der Waals surface area contributed by atoms with Crippen molar-refractivity contribution in [3.63, 3.8) is 0 Å². The minimum Gasteiger partial charge on any atom is -0.457 e. The SMILES string of the molecule is CCc1c2c(nc3ccc(C)cc13)-c1cc3c(c(=O)n1C2)COC(=O)C3(CC)OC(=O)OCC(NC(=O)COCC(=O)NCCOCCOCCOCCOCCOCCOCCOCCOCCn1cc(CNC(=O)C2CCC(CN3C(=O)CC(C)C3=O)CC2)nn1)C(C)C. The molecule has 3 unspecified atom stereocenters. The molecular weight excluding hydrogens is 1250 g/mol. The predicted octanol–water partition coefficient (Wildman–Crippen LogP) is 3.63. The third-order valence-electron chi connectivity index (χ3n) is 17.3. The number of esters is 1. The van der Waals surface area contributed by atoms with Gasteiger partial charge >= 0.3 is 12.1 Å². The first-order valence-electron chi connectivity index (χ1n) is 33.5. The highest BCUT2D eigenvalue weighted by Crippen LogP contribution is 2.42. The molecule has 96 heavy (non-hydrogen) atoms. The van der Waals surface area contributed by atoms with E-state index in [-0.39, 0.29) is 104 Å². The van der Waals surface area contributed by atoms with Crippen LogP contribution in [-0.4, -0.2) is 216 Å². The zero-order valence-corrected chi connectivity index (χ0v) is 56.2. The van der Waals surface area contributed by atoms with E-state index in [1.165, 1.54) is 4.90 Å². The van der Waals surface area contributed by atoms with E-state index in [0.29, 0.717) is 142 Å². The summed E-state index contributed by atoms with van der Waals surface area (Å²) < 4.78 is 69.9. The molecule has 0 radical (unpaired) electrons. The van der Waals surface area contributed by atoms with Gasteiger partial charge in [-0.15, -0.1) is 5.10 Å². The van der Waals surface area contributed by atoms with Crippen molar-refractivity contribution in [3.8, 4) is 11.4 Å². The number of amides is 5. The van der Waals surface area contributed by atoms with E-state index in [9.17, 15) is 38.4 Å². The molecule has 4 aliphatic rings. The number of nitrogens with one attached hydrogen (secondary N) is 3. The molecule has 0 spiro atoms. The Balaban J connectivity index is 0.555. The summed E-state index contributed by atoms with van der Waals surface area (Å²) in [4.78, 5) is 110. The van der Waals surface area contributed by atoms with Gasteiger partial charge < -0.3 is 77.4 Å². The number of likely N-dealkylation sites (tertiary alicyclic amines) is 1. The van der Waals surface area contributed by atoms with E-state index in [0.717, 1.165) is 59.7 Å². The van der Waals surface area contributed by atoms with E-state index in [2.05, 4.69) is 39.3 Å². The Hall–Kier alpha value is -7.35. The summed E-state index contributed by atoms with van der Waals surface area (Å²) >= 11 is 0. The van der Waals surface area contributed by atoms with Gasteiger partial charge in [-0.25, -0.2) is 19.3 Å². The summed E-state index contributed by atoms with van der Waals surface area (Å²) in [5.74, 6) is -2.34. The van der Waals surface area contributed by atoms with Crippen LogP contribution in [0.2, 0.25) is 0 Å². The summed E-state index contributed by atoms with van der Waals surface area (Å²) in [6.45, 7) is 17.7. The Labute approximate surface area is 558 Å². The van der Waals surface area contributed by atoms with Gasteiger partial charge in [0.15, 0.2) is 0 Å². The number of fused-ring (bicyclic) bond motifs is 5. The molecule has 3 atom stereocenters. The molecule has 29 nitrogen and oxygen atoms in total. The third kappa shape index (κ3) is 21.1. The molecule has 1 aliphatic carbocycles. The molecule has 3 aliphatic heterocycles. The minimum absolute atomic E-state index is 0.0136. The van der Waals surface area contributed by atoms with Crippen molar-refractivity contribution in [1.29, 1.82) is 0 Å². The van der Waals surface area contributed by atoms with Crippen molar-refractivity contribution in [2.75, 3.05) is 139 Å². The van der Waals surface area contributed by atoms with Crippen LogP contribution < -0.4 is 21.5 Å². The topological polar surface area (TPSA) is 335 Å². The fraction of sp³-hybridized carbons (Fsp3) is 0.657. The second-order valence-corrected chi connectivity index (χ2v) is 24.5. The van der Waals surface area contributed by atoms with Crippen LogP contribution in [0, 0.1) is 30.6 Å². The highest BCUT2D eigenvalue weighted by molar-refractivity contribution is 6.03. The molecule has 5 amide bonds. The summed E-state index contributed by atoms with van der Waals surface area (Å²) in [5, 5.41) is 17.7. The Bertz CT molecular complexity index is 3310. The molecular formula is C67H95N9O20. The lowest BCUT2D eigenvalue weighted by Gasteiger charge is -2.35. The summed E-state index contributed by atoms with van der Waals surface area (Å²) in [6, 6.07) is 7.04. The second-order valence-electron chi connectivity index (χ2n) is 24.5. The molecule has 29 heteroatoms. The van der Waals surface area contributed by atoms with E-state index < -0.39 is 42.2 Å². The molecule has 3 N–H and O–H groups in total. The summed E-state index contributed by atoms with van der Waals surface area (Å²) in [5.41, 5.74) is 3.75. The van der Waals surface area contributed by atoms with Gasteiger partial charge in [-0.3, -0.25) is 33.7 Å². The van der Waals surface area contributed by atoms with Crippen molar-refractivity contribution in [2.45, 2.75) is 124 Å². The molecule has 2 fully saturated rings. The maximum absolute atomic E-state index is 14.1. The van der Waals surface area contributed by atoms with E-state index in [1.54, 1.807) is 35.4 Å². The van der Waals surface area contributed by atoms with Crippen LogP contribution in [0.4, 0.5) is 4.79 Å². The quantitative estimate of drug-likeness (QED) is 0.0285. The fourth-order valence-corrected chi connectivity index (χ4v) is 11.9. The van der Waals surface area contributed by atoms with Gasteiger partial charge in [0, 0.05) is 47.9 Å². The van der Waals surface area contributed by atoms with Gasteiger partial charge in [-0.05, 0) is 81.0 Å². The maximum Gasteiger partial charge on any atom is 0.509 e. The highest BCUT2D eigenvalue weighted by atomic mass is 16.7. The van der Waals surface area contributed by atoms with Gasteiger partial charge in [0.05, 0.1) is 160 Å². The standard InChI is InChI=1S/C67H95N9O20/c1-7-50-51-33-45(5)9-14-55(51)71-61-52(50)39-75-57(61)35-54-53(64(75)82)40-94-65(83)67(54,8-2)96-66(84)95-41-56(44(3)4)70-59(78)43-93-42-58(77)68-15-17-85-19-21-87-23-25-89-27-29-91-31-32-92-30-28-90-26-24-88-22-20-86-18-16-74-38-49(72-73-74)36-69-62(80)48-12-10-47(11-13-48)37-76-60(79)34-46(6)63(76)81/h9,14,33,35,38,44,46-48,56H,7-8,10-13,15-32,34,36-37,39-43H2,1-6H3,(H,68,77)(H,69,80)(H,70,78). The second kappa shape index (κ2) is 38.0. The highest BCUT2D eigenvalue weighted by Gasteiger charge is 2.51. The number of ether oxygens (including phenoxy) is 12. The van der Waals surface area contributed by atoms with Crippen LogP contribution in [0.1, 0.15) is 107 Å². The number of carbonyl (C=O) groups is 7. The number of hydrogen-bond donors (Lipinski definition) is 3. The molecule has 6 heterocycles. The molecule has 1 aromatic carbocycles. The summed E-state index contributed by atoms with van der Waals surface area (Å²) in [7, 11) is 0. The van der Waals surface area contributed by atoms with Crippen LogP contribution >= 0.6 is 0 Å². The molecule has 528 valence electrons. The monoisotopic (exact) mass is 1350 g/mol. The Morgan fingerprint density at radius 2 is 1.35 bits per heavy atom. The molecule has 4 aromatic rings. The fourth-order valence-electron chi connectivity index (χ4n) is 11.9. The number of nitrogens with zero attached hydrogens (tertiary/aromatic N) is 6. The number of rotatable bonds is 43. The Morgan fingerprint density at radius 3 is 1.95 bits per heavy atom. The van der Waals surface area contributed by atoms with Crippen molar-refractivity contribution >= 4 is 52.6 Å². The van der Waals surface area contributed by atoms with Gasteiger partial charge in [0.25, 0.3) is 5.56 Å². The van der Waals surface area contributed by atoms with Gasteiger partial charge in [-0.1, -0.05) is 51.5 Å². The Morgan fingerprint density at radius 1 is 0.740 bits per heavy atom. The first-order chi connectivity index (χ1) is 46.5. The van der Waals surface area contributed by atoms with E-state index >= 15 is 0 Å². The minimum atomic E-state index is -1.99. The van der Waals surface area contributed by atoms with Gasteiger partial charge in [-0.2, -0.15) is 0 Å². The van der Waals surface area contributed by atoms with Crippen molar-refractivity contribution in [2.24, 2.45) is 23.7 Å². The zero-order valence-electron chi connectivity index (χ0n) is 56.2. The number of carbonyl (C=O) groups excluding carboxylic acids is 7. The zero-order chi connectivity index (χ0) is 68.4. The smallest absolute Gasteiger partial charge is 0.457 e. The number of pyridine rings is 2. The van der Waals surface area contributed by atoms with Gasteiger partial charge in [0.2, 0.25) is 35.1 Å². The Kier molecular flexibility index (Phi) is 29.4. The van der Waals surface area contributed by atoms with Crippen LogP contribution in [0.15, 0.2) is 35.3 Å². The molecule has 0 bridgehead atoms.